The van der Waals surface area contributed by atoms with Crippen molar-refractivity contribution in [3.05, 3.63) is 0 Å². The van der Waals surface area contributed by atoms with Gasteiger partial charge in [0.2, 0.25) is 5.96 Å². The van der Waals surface area contributed by atoms with Gasteiger partial charge in [-0.1, -0.05) is 20.3 Å². The Labute approximate surface area is 92.7 Å². The molecule has 0 radical (unpaired) electrons. The monoisotopic (exact) mass is 212 g/mol. The molecule has 4 heteroatoms. The molecule has 0 aromatic rings. The fourth-order valence-corrected chi connectivity index (χ4v) is 2.31. The summed E-state index contributed by atoms with van der Waals surface area (Å²) in [5.74, 6) is 6.12. The van der Waals surface area contributed by atoms with Crippen molar-refractivity contribution in [2.24, 2.45) is 16.3 Å². The Morgan fingerprint density at radius 1 is 1.53 bits per heavy atom. The van der Waals surface area contributed by atoms with Crippen LogP contribution in [0.2, 0.25) is 0 Å². The van der Waals surface area contributed by atoms with E-state index >= 15 is 0 Å². The average molecular weight is 212 g/mol. The molecule has 1 aliphatic carbocycles. The summed E-state index contributed by atoms with van der Waals surface area (Å²) in [5, 5.41) is 3.38. The van der Waals surface area contributed by atoms with Crippen molar-refractivity contribution in [1.82, 2.24) is 10.7 Å². The van der Waals surface area contributed by atoms with Gasteiger partial charge in [-0.25, -0.2) is 5.84 Å². The van der Waals surface area contributed by atoms with Gasteiger partial charge in [0, 0.05) is 12.6 Å². The van der Waals surface area contributed by atoms with Crippen LogP contribution in [-0.2, 0) is 0 Å². The molecule has 0 aromatic heterocycles. The highest BCUT2D eigenvalue weighted by atomic mass is 15.3. The minimum Gasteiger partial charge on any atom is -0.353 e. The molecule has 1 fully saturated rings. The van der Waals surface area contributed by atoms with E-state index in [-0.39, 0.29) is 0 Å². The van der Waals surface area contributed by atoms with Gasteiger partial charge in [-0.05, 0) is 31.6 Å². The maximum Gasteiger partial charge on any atom is 0.205 e. The predicted octanol–water partition coefficient (Wildman–Crippen LogP) is 1.38. The first kappa shape index (κ1) is 12.3. The third-order valence-electron chi connectivity index (χ3n) is 3.00. The molecule has 0 heterocycles. The number of rotatable bonds is 2. The fourth-order valence-electron chi connectivity index (χ4n) is 2.31. The molecule has 0 aliphatic heterocycles. The number of aliphatic imine (C=N–C) groups is 1. The zero-order chi connectivity index (χ0) is 11.3. The third kappa shape index (κ3) is 4.08. The maximum atomic E-state index is 5.40. The standard InChI is InChI=1S/C11H24N4/c1-4-13-10(15-12)14-9-6-5-7-11(2,3)8-9/h9H,4-8,12H2,1-3H3,(H2,13,14,15). The Morgan fingerprint density at radius 2 is 2.27 bits per heavy atom. The minimum absolute atomic E-state index is 0.446. The van der Waals surface area contributed by atoms with Crippen molar-refractivity contribution in [1.29, 1.82) is 0 Å². The first-order chi connectivity index (χ1) is 7.07. The molecule has 4 N–H and O–H groups in total. The van der Waals surface area contributed by atoms with E-state index in [1.54, 1.807) is 0 Å². The predicted molar refractivity (Wildman–Crippen MR) is 64.5 cm³/mol. The van der Waals surface area contributed by atoms with Crippen molar-refractivity contribution in [3.8, 4) is 0 Å². The summed E-state index contributed by atoms with van der Waals surface area (Å²) in [7, 11) is 0. The molecule has 1 rings (SSSR count). The van der Waals surface area contributed by atoms with Crippen molar-refractivity contribution >= 4 is 5.96 Å². The Morgan fingerprint density at radius 3 is 2.80 bits per heavy atom. The number of nitrogens with one attached hydrogen (secondary N) is 2. The average Bonchev–Trinajstić information content (AvgIpc) is 2.15. The van der Waals surface area contributed by atoms with E-state index in [1.807, 2.05) is 6.92 Å². The van der Waals surface area contributed by atoms with Gasteiger partial charge in [0.15, 0.2) is 0 Å². The van der Waals surface area contributed by atoms with E-state index in [9.17, 15) is 0 Å². The van der Waals surface area contributed by atoms with Crippen LogP contribution in [0.5, 0.6) is 0 Å². The lowest BCUT2D eigenvalue weighted by atomic mass is 9.75. The Bertz CT molecular complexity index is 223. The van der Waals surface area contributed by atoms with Gasteiger partial charge < -0.3 is 5.32 Å². The Kier molecular flexibility index (Phi) is 4.39. The molecule has 0 aromatic carbocycles. The normalized spacial score (nSPS) is 26.1. The molecule has 0 saturated heterocycles. The number of nitrogens with two attached hydrogens (primary N) is 1. The number of guanidine groups is 1. The lowest BCUT2D eigenvalue weighted by Gasteiger charge is -2.36. The van der Waals surface area contributed by atoms with Crippen LogP contribution in [0.3, 0.4) is 0 Å². The third-order valence-corrected chi connectivity index (χ3v) is 3.00. The first-order valence-electron chi connectivity index (χ1n) is 5.85. The minimum atomic E-state index is 0.446. The lowest BCUT2D eigenvalue weighted by molar-refractivity contribution is 0.210. The molecular weight excluding hydrogens is 188 g/mol. The molecule has 0 amide bonds. The van der Waals surface area contributed by atoms with Gasteiger partial charge >= 0.3 is 0 Å². The summed E-state index contributed by atoms with van der Waals surface area (Å²) in [6, 6.07) is 0.509. The van der Waals surface area contributed by atoms with Crippen LogP contribution in [0, 0.1) is 5.41 Å². The maximum absolute atomic E-state index is 5.40. The SMILES string of the molecule is CCN=C(NN)NC1CCCC(C)(C)C1. The van der Waals surface area contributed by atoms with E-state index < -0.39 is 0 Å². The van der Waals surface area contributed by atoms with Crippen molar-refractivity contribution < 1.29 is 0 Å². The summed E-state index contributed by atoms with van der Waals surface area (Å²) >= 11 is 0. The Balaban J connectivity index is 2.47. The second-order valence-corrected chi connectivity index (χ2v) is 5.07. The van der Waals surface area contributed by atoms with Gasteiger partial charge in [-0.2, -0.15) is 0 Å². The van der Waals surface area contributed by atoms with Gasteiger partial charge in [0.1, 0.15) is 0 Å². The highest BCUT2D eigenvalue weighted by Gasteiger charge is 2.28. The molecular formula is C11H24N4. The second-order valence-electron chi connectivity index (χ2n) is 5.07. The smallest absolute Gasteiger partial charge is 0.205 e. The number of hydrazine groups is 1. The number of hydrogen-bond donors (Lipinski definition) is 3. The second kappa shape index (κ2) is 5.35. The largest absolute Gasteiger partial charge is 0.353 e. The van der Waals surface area contributed by atoms with Crippen LogP contribution >= 0.6 is 0 Å². The van der Waals surface area contributed by atoms with Gasteiger partial charge in [-0.15, -0.1) is 0 Å². The van der Waals surface area contributed by atoms with Crippen molar-refractivity contribution in [2.75, 3.05) is 6.54 Å². The quantitative estimate of drug-likeness (QED) is 0.280. The van der Waals surface area contributed by atoms with Gasteiger partial charge in [0.05, 0.1) is 0 Å². The van der Waals surface area contributed by atoms with Crippen LogP contribution in [-0.4, -0.2) is 18.5 Å². The summed E-state index contributed by atoms with van der Waals surface area (Å²) < 4.78 is 0. The summed E-state index contributed by atoms with van der Waals surface area (Å²) in [6.45, 7) is 7.41. The van der Waals surface area contributed by atoms with E-state index in [2.05, 4.69) is 29.6 Å². The van der Waals surface area contributed by atoms with Crippen molar-refractivity contribution in [3.63, 3.8) is 0 Å². The highest BCUT2D eigenvalue weighted by molar-refractivity contribution is 5.79. The van der Waals surface area contributed by atoms with Crippen LogP contribution in [0.4, 0.5) is 0 Å². The van der Waals surface area contributed by atoms with Crippen LogP contribution < -0.4 is 16.6 Å². The van der Waals surface area contributed by atoms with Crippen LogP contribution in [0.1, 0.15) is 46.5 Å². The summed E-state index contributed by atoms with van der Waals surface area (Å²) in [4.78, 5) is 4.25. The fraction of sp³-hybridized carbons (Fsp3) is 0.909. The van der Waals surface area contributed by atoms with Crippen LogP contribution in [0.15, 0.2) is 4.99 Å². The molecule has 0 bridgehead atoms. The molecule has 1 atom stereocenters. The molecule has 15 heavy (non-hydrogen) atoms. The number of nitrogens with zero attached hydrogens (tertiary/aromatic N) is 1. The van der Waals surface area contributed by atoms with E-state index in [0.717, 1.165) is 12.5 Å². The lowest BCUT2D eigenvalue weighted by Crippen LogP contribution is -2.48. The first-order valence-corrected chi connectivity index (χ1v) is 5.85. The highest BCUT2D eigenvalue weighted by Crippen LogP contribution is 2.34. The van der Waals surface area contributed by atoms with Gasteiger partial charge in [-0.3, -0.25) is 10.4 Å². The van der Waals surface area contributed by atoms with E-state index in [1.165, 1.54) is 25.7 Å². The van der Waals surface area contributed by atoms with Crippen molar-refractivity contribution in [2.45, 2.75) is 52.5 Å². The topological polar surface area (TPSA) is 62.4 Å². The molecule has 4 nitrogen and oxygen atoms in total. The Hall–Kier alpha value is -0.770. The molecule has 1 aliphatic rings. The zero-order valence-electron chi connectivity index (χ0n) is 10.1. The molecule has 1 unspecified atom stereocenters. The van der Waals surface area contributed by atoms with E-state index in [4.69, 9.17) is 5.84 Å². The van der Waals surface area contributed by atoms with E-state index in [0.29, 0.717) is 11.5 Å². The zero-order valence-corrected chi connectivity index (χ0v) is 10.1. The number of hydrogen-bond acceptors (Lipinski definition) is 2. The molecule has 0 spiro atoms. The van der Waals surface area contributed by atoms with Gasteiger partial charge in [0.25, 0.3) is 0 Å². The summed E-state index contributed by atoms with van der Waals surface area (Å²) in [6.07, 6.45) is 5.02. The molecule has 1 saturated carbocycles. The van der Waals surface area contributed by atoms with Crippen LogP contribution in [0.25, 0.3) is 0 Å². The summed E-state index contributed by atoms with van der Waals surface area (Å²) in [5.41, 5.74) is 3.06. The molecule has 88 valence electrons.